The summed E-state index contributed by atoms with van der Waals surface area (Å²) < 4.78 is 58.8. The first-order valence-corrected chi connectivity index (χ1v) is 11.0. The number of sulfonamides is 1. The third-order valence-electron chi connectivity index (χ3n) is 4.82. The number of hydrogen-bond acceptors (Lipinski definition) is 5. The number of ether oxygens (including phenoxy) is 1. The lowest BCUT2D eigenvalue weighted by molar-refractivity contribution is -0.0660. The van der Waals surface area contributed by atoms with Gasteiger partial charge in [-0.05, 0) is 42.8 Å². The molecule has 1 saturated carbocycles. The van der Waals surface area contributed by atoms with Gasteiger partial charge in [0.05, 0.1) is 24.1 Å². The molecule has 0 aliphatic heterocycles. The van der Waals surface area contributed by atoms with E-state index in [0.717, 1.165) is 11.8 Å². The van der Waals surface area contributed by atoms with E-state index in [9.17, 15) is 17.2 Å². The average Bonchev–Trinajstić information content (AvgIpc) is 2.67. The predicted molar refractivity (Wildman–Crippen MR) is 104 cm³/mol. The molecular formula is C20H21F2N3O3S. The van der Waals surface area contributed by atoms with E-state index >= 15 is 0 Å². The van der Waals surface area contributed by atoms with Crippen LogP contribution in [0.4, 0.5) is 8.78 Å². The third kappa shape index (κ3) is 5.95. The van der Waals surface area contributed by atoms with Crippen molar-refractivity contribution in [3.63, 3.8) is 0 Å². The maximum Gasteiger partial charge on any atom is 0.248 e. The molecule has 1 N–H and O–H groups in total. The van der Waals surface area contributed by atoms with E-state index in [1.54, 1.807) is 36.4 Å². The number of nitrogens with zero attached hydrogens (tertiary/aromatic N) is 2. The lowest BCUT2D eigenvalue weighted by atomic mass is 9.83. The van der Waals surface area contributed by atoms with Crippen LogP contribution in [-0.2, 0) is 10.0 Å². The number of hydrogen-bond donors (Lipinski definition) is 1. The first-order chi connectivity index (χ1) is 13.6. The predicted octanol–water partition coefficient (Wildman–Crippen LogP) is 3.35. The zero-order chi connectivity index (χ0) is 21.1. The van der Waals surface area contributed by atoms with E-state index in [1.165, 1.54) is 6.20 Å². The fraction of sp³-hybridized carbons (Fsp3) is 0.400. The monoisotopic (exact) mass is 421 g/mol. The molecular weight excluding hydrogens is 400 g/mol. The van der Waals surface area contributed by atoms with Crippen LogP contribution in [0.2, 0.25) is 0 Å². The summed E-state index contributed by atoms with van der Waals surface area (Å²) in [7, 11) is -3.50. The van der Waals surface area contributed by atoms with Gasteiger partial charge in [0, 0.05) is 36.6 Å². The molecule has 0 spiro atoms. The minimum atomic E-state index is -3.50. The number of aromatic nitrogens is 1. The van der Waals surface area contributed by atoms with Crippen molar-refractivity contribution < 1.29 is 21.9 Å². The van der Waals surface area contributed by atoms with Crippen molar-refractivity contribution in [2.75, 3.05) is 12.9 Å². The normalized spacial score (nSPS) is 21.3. The number of nitrogens with one attached hydrogen (secondary N) is 1. The molecule has 29 heavy (non-hydrogen) atoms. The van der Waals surface area contributed by atoms with Crippen molar-refractivity contribution in [2.24, 2.45) is 5.92 Å². The van der Waals surface area contributed by atoms with Crippen LogP contribution < -0.4 is 9.46 Å². The summed E-state index contributed by atoms with van der Waals surface area (Å²) in [5, 5.41) is 8.82. The van der Waals surface area contributed by atoms with Crippen molar-refractivity contribution in [3.05, 3.63) is 48.2 Å². The number of alkyl halides is 2. The zero-order valence-corrected chi connectivity index (χ0v) is 16.6. The standard InChI is InChI=1S/C20H21F2N3O3S/c1-29(26,27)25-19-8-9-20(21,22)10-16(19)13-28-17-5-3-15(4-6-17)18-7-2-14(11-23)12-24-18/h2-7,12,16,19,25H,8-10,13H2,1H3/t16-,19-/m0/s1. The van der Waals surface area contributed by atoms with E-state index in [1.807, 2.05) is 6.07 Å². The highest BCUT2D eigenvalue weighted by atomic mass is 32.2. The summed E-state index contributed by atoms with van der Waals surface area (Å²) in [6.07, 6.45) is 1.80. The van der Waals surface area contributed by atoms with Crippen LogP contribution in [0.5, 0.6) is 5.75 Å². The summed E-state index contributed by atoms with van der Waals surface area (Å²) in [4.78, 5) is 4.22. The number of nitriles is 1. The van der Waals surface area contributed by atoms with Gasteiger partial charge in [0.1, 0.15) is 11.8 Å². The molecule has 1 heterocycles. The molecule has 0 amide bonds. The largest absolute Gasteiger partial charge is 0.493 e. The van der Waals surface area contributed by atoms with E-state index in [-0.39, 0.29) is 19.4 Å². The minimum Gasteiger partial charge on any atom is -0.493 e. The Balaban J connectivity index is 1.66. The second-order valence-electron chi connectivity index (χ2n) is 7.23. The van der Waals surface area contributed by atoms with Crippen molar-refractivity contribution >= 4 is 10.0 Å². The SMILES string of the molecule is CS(=O)(=O)N[C@H]1CCC(F)(F)C[C@H]1COc1ccc(-c2ccc(C#N)cn2)cc1. The molecule has 1 aliphatic carbocycles. The van der Waals surface area contributed by atoms with Crippen LogP contribution in [-0.4, -0.2) is 38.2 Å². The molecule has 1 aromatic carbocycles. The summed E-state index contributed by atoms with van der Waals surface area (Å²) in [6.45, 7) is -0.0166. The maximum absolute atomic E-state index is 13.8. The molecule has 3 rings (SSSR count). The Labute approximate surface area is 168 Å². The highest BCUT2D eigenvalue weighted by Crippen LogP contribution is 2.37. The smallest absolute Gasteiger partial charge is 0.248 e. The Morgan fingerprint density at radius 3 is 2.59 bits per heavy atom. The summed E-state index contributed by atoms with van der Waals surface area (Å²) in [6, 6.07) is 11.8. The molecule has 1 aromatic heterocycles. The lowest BCUT2D eigenvalue weighted by Gasteiger charge is -2.35. The summed E-state index contributed by atoms with van der Waals surface area (Å²) in [5.41, 5.74) is 1.98. The van der Waals surface area contributed by atoms with Crippen molar-refractivity contribution in [2.45, 2.75) is 31.2 Å². The van der Waals surface area contributed by atoms with Crippen molar-refractivity contribution in [3.8, 4) is 23.1 Å². The number of rotatable bonds is 6. The van der Waals surface area contributed by atoms with Gasteiger partial charge >= 0.3 is 0 Å². The van der Waals surface area contributed by atoms with Gasteiger partial charge in [0.2, 0.25) is 15.9 Å². The fourth-order valence-corrected chi connectivity index (χ4v) is 4.25. The Bertz CT molecular complexity index is 987. The first-order valence-electron chi connectivity index (χ1n) is 9.10. The Morgan fingerprint density at radius 2 is 2.00 bits per heavy atom. The maximum atomic E-state index is 13.8. The van der Waals surface area contributed by atoms with Gasteiger partial charge < -0.3 is 4.74 Å². The molecule has 6 nitrogen and oxygen atoms in total. The third-order valence-corrected chi connectivity index (χ3v) is 5.55. The van der Waals surface area contributed by atoms with Gasteiger partial charge in [-0.1, -0.05) is 0 Å². The molecule has 1 fully saturated rings. The molecule has 154 valence electrons. The Morgan fingerprint density at radius 1 is 1.28 bits per heavy atom. The number of benzene rings is 1. The van der Waals surface area contributed by atoms with E-state index in [4.69, 9.17) is 10.00 Å². The van der Waals surface area contributed by atoms with Gasteiger partial charge in [-0.15, -0.1) is 0 Å². The van der Waals surface area contributed by atoms with Gasteiger partial charge in [-0.3, -0.25) is 4.98 Å². The topological polar surface area (TPSA) is 92.1 Å². The Kier molecular flexibility index (Phi) is 6.15. The first kappa shape index (κ1) is 21.1. The van der Waals surface area contributed by atoms with E-state index < -0.39 is 34.3 Å². The fourth-order valence-electron chi connectivity index (χ4n) is 3.39. The molecule has 1 aliphatic rings. The van der Waals surface area contributed by atoms with Crippen molar-refractivity contribution in [1.82, 2.24) is 9.71 Å². The second kappa shape index (κ2) is 8.43. The quantitative estimate of drug-likeness (QED) is 0.772. The molecule has 0 unspecified atom stereocenters. The van der Waals surface area contributed by atoms with Gasteiger partial charge in [-0.2, -0.15) is 5.26 Å². The van der Waals surface area contributed by atoms with Crippen molar-refractivity contribution in [1.29, 1.82) is 5.26 Å². The van der Waals surface area contributed by atoms with Crippen LogP contribution in [0.1, 0.15) is 24.8 Å². The number of halogens is 2. The minimum absolute atomic E-state index is 0.0166. The molecule has 0 bridgehead atoms. The molecule has 2 atom stereocenters. The molecule has 0 saturated heterocycles. The number of pyridine rings is 1. The van der Waals surface area contributed by atoms with Gasteiger partial charge in [0.15, 0.2) is 0 Å². The van der Waals surface area contributed by atoms with Crippen LogP contribution in [0.3, 0.4) is 0 Å². The lowest BCUT2D eigenvalue weighted by Crippen LogP contribution is -2.48. The van der Waals surface area contributed by atoms with Crippen LogP contribution >= 0.6 is 0 Å². The molecule has 9 heteroatoms. The van der Waals surface area contributed by atoms with E-state index in [0.29, 0.717) is 17.0 Å². The summed E-state index contributed by atoms with van der Waals surface area (Å²) in [5.74, 6) is -2.96. The average molecular weight is 421 g/mol. The van der Waals surface area contributed by atoms with Crippen LogP contribution in [0, 0.1) is 17.2 Å². The summed E-state index contributed by atoms with van der Waals surface area (Å²) >= 11 is 0. The highest BCUT2D eigenvalue weighted by molar-refractivity contribution is 7.88. The molecule has 0 radical (unpaired) electrons. The van der Waals surface area contributed by atoms with Gasteiger partial charge in [0.25, 0.3) is 0 Å². The van der Waals surface area contributed by atoms with Gasteiger partial charge in [-0.25, -0.2) is 21.9 Å². The molecule has 2 aromatic rings. The Hall–Kier alpha value is -2.57. The zero-order valence-electron chi connectivity index (χ0n) is 15.8. The van der Waals surface area contributed by atoms with Crippen LogP contribution in [0.15, 0.2) is 42.6 Å². The highest BCUT2D eigenvalue weighted by Gasteiger charge is 2.42. The second-order valence-corrected chi connectivity index (χ2v) is 9.01. The van der Waals surface area contributed by atoms with E-state index in [2.05, 4.69) is 9.71 Å². The van der Waals surface area contributed by atoms with Crippen LogP contribution in [0.25, 0.3) is 11.3 Å².